The second-order valence-electron chi connectivity index (χ2n) is 10.8. The van der Waals surface area contributed by atoms with Crippen LogP contribution in [0.1, 0.15) is 89.8 Å². The summed E-state index contributed by atoms with van der Waals surface area (Å²) >= 11 is 0. The van der Waals surface area contributed by atoms with E-state index in [9.17, 15) is 18.4 Å². The topological polar surface area (TPSA) is 111 Å². The highest BCUT2D eigenvalue weighted by Gasteiger charge is 2.25. The van der Waals surface area contributed by atoms with Gasteiger partial charge in [0.1, 0.15) is 17.7 Å². The van der Waals surface area contributed by atoms with Crippen LogP contribution in [-0.2, 0) is 17.7 Å². The number of nitrogens with one attached hydrogen (secondary N) is 1. The third-order valence-electron chi connectivity index (χ3n) is 6.80. The van der Waals surface area contributed by atoms with Gasteiger partial charge >= 0.3 is 5.97 Å². The summed E-state index contributed by atoms with van der Waals surface area (Å²) in [6.45, 7) is 9.49. The number of carbonyl (C=O) groups is 2. The number of terminal acetylenes is 1. The van der Waals surface area contributed by atoms with E-state index < -0.39 is 29.7 Å². The molecule has 0 aliphatic heterocycles. The molecular formula is C33H40F2N4O4. The van der Waals surface area contributed by atoms with Crippen LogP contribution in [0.3, 0.4) is 0 Å². The maximum absolute atomic E-state index is 13.8. The van der Waals surface area contributed by atoms with Gasteiger partial charge in [-0.15, -0.1) is 6.42 Å². The summed E-state index contributed by atoms with van der Waals surface area (Å²) < 4.78 is 38.9. The van der Waals surface area contributed by atoms with E-state index in [0.29, 0.717) is 30.0 Å². The summed E-state index contributed by atoms with van der Waals surface area (Å²) in [7, 11) is 0. The van der Waals surface area contributed by atoms with E-state index in [1.165, 1.54) is 24.3 Å². The SMILES string of the molecule is C#Cc1cc(C(=O)O[C@H](CNCc2cc(C(C)C)no2)[C@@H](N)Cc2cc(F)cc(F)c2)cc(C(=O)N(CCC)CCC)c1. The zero-order chi connectivity index (χ0) is 31.5. The quantitative estimate of drug-likeness (QED) is 0.184. The number of rotatable bonds is 15. The highest BCUT2D eigenvalue weighted by molar-refractivity contribution is 5.98. The minimum atomic E-state index is -0.920. The van der Waals surface area contributed by atoms with Crippen molar-refractivity contribution in [3.63, 3.8) is 0 Å². The van der Waals surface area contributed by atoms with Gasteiger partial charge in [0, 0.05) is 48.9 Å². The van der Waals surface area contributed by atoms with Crippen LogP contribution in [0.25, 0.3) is 0 Å². The number of ether oxygens (including phenoxy) is 1. The summed E-state index contributed by atoms with van der Waals surface area (Å²) in [5.41, 5.74) is 8.30. The molecule has 2 atom stereocenters. The molecule has 230 valence electrons. The van der Waals surface area contributed by atoms with Crippen molar-refractivity contribution in [1.29, 1.82) is 0 Å². The molecule has 1 aromatic heterocycles. The standard InChI is InChI=1S/C33H40F2N4O4/c1-6-9-39(10-7-2)32(40)24-11-22(8-3)12-25(16-24)33(41)42-31(20-37-19-28-18-30(21(4)5)38-43-28)29(36)15-23-13-26(34)17-27(35)14-23/h3,11-14,16-18,21,29,31,37H,6-7,9-10,15,19-20,36H2,1-2,4-5H3/t29-,31+/m0/s1. The number of esters is 1. The molecule has 43 heavy (non-hydrogen) atoms. The van der Waals surface area contributed by atoms with Crippen LogP contribution in [0.2, 0.25) is 0 Å². The lowest BCUT2D eigenvalue weighted by Gasteiger charge is -2.25. The molecule has 0 aliphatic carbocycles. The van der Waals surface area contributed by atoms with E-state index in [2.05, 4.69) is 16.4 Å². The molecule has 0 unspecified atom stereocenters. The molecule has 0 spiro atoms. The van der Waals surface area contributed by atoms with Gasteiger partial charge in [-0.2, -0.15) is 0 Å². The van der Waals surface area contributed by atoms with Gasteiger partial charge < -0.3 is 25.2 Å². The summed E-state index contributed by atoms with van der Waals surface area (Å²) in [5, 5.41) is 7.20. The lowest BCUT2D eigenvalue weighted by Crippen LogP contribution is -2.46. The Kier molecular flexibility index (Phi) is 12.4. The van der Waals surface area contributed by atoms with Crippen LogP contribution in [0.5, 0.6) is 0 Å². The largest absolute Gasteiger partial charge is 0.456 e. The fourth-order valence-electron chi connectivity index (χ4n) is 4.63. The first kappa shape index (κ1) is 33.4. The fourth-order valence-corrected chi connectivity index (χ4v) is 4.63. The molecule has 0 radical (unpaired) electrons. The van der Waals surface area contributed by atoms with Gasteiger partial charge in [0.2, 0.25) is 0 Å². The first-order valence-electron chi connectivity index (χ1n) is 14.5. The fraction of sp³-hybridized carbons (Fsp3) is 0.424. The maximum atomic E-state index is 13.8. The molecule has 3 aromatic rings. The predicted molar refractivity (Wildman–Crippen MR) is 160 cm³/mol. The zero-order valence-corrected chi connectivity index (χ0v) is 25.2. The van der Waals surface area contributed by atoms with E-state index in [-0.39, 0.29) is 42.5 Å². The first-order chi connectivity index (χ1) is 20.5. The molecule has 2 aromatic carbocycles. The molecule has 0 aliphatic rings. The number of carbonyl (C=O) groups excluding carboxylic acids is 2. The maximum Gasteiger partial charge on any atom is 0.338 e. The van der Waals surface area contributed by atoms with E-state index in [4.69, 9.17) is 21.4 Å². The molecule has 0 saturated carbocycles. The molecule has 0 fully saturated rings. The number of halogens is 2. The van der Waals surface area contributed by atoms with Gasteiger partial charge in [-0.05, 0) is 61.1 Å². The van der Waals surface area contributed by atoms with Crippen LogP contribution in [0.15, 0.2) is 47.0 Å². The lowest BCUT2D eigenvalue weighted by molar-refractivity contribution is 0.0237. The number of hydrogen-bond donors (Lipinski definition) is 2. The molecule has 0 saturated heterocycles. The number of amides is 1. The third kappa shape index (κ3) is 9.73. The smallest absolute Gasteiger partial charge is 0.338 e. The second-order valence-corrected chi connectivity index (χ2v) is 10.8. The van der Waals surface area contributed by atoms with E-state index in [1.807, 2.05) is 33.8 Å². The van der Waals surface area contributed by atoms with Crippen LogP contribution in [0, 0.1) is 24.0 Å². The Labute approximate surface area is 251 Å². The zero-order valence-electron chi connectivity index (χ0n) is 25.2. The highest BCUT2D eigenvalue weighted by atomic mass is 19.1. The van der Waals surface area contributed by atoms with Gasteiger partial charge in [0.05, 0.1) is 17.8 Å². The summed E-state index contributed by atoms with van der Waals surface area (Å²) in [6.07, 6.45) is 6.33. The molecule has 0 bridgehead atoms. The van der Waals surface area contributed by atoms with Gasteiger partial charge in [-0.3, -0.25) is 4.79 Å². The number of nitrogens with two attached hydrogens (primary N) is 1. The van der Waals surface area contributed by atoms with Crippen molar-refractivity contribution >= 4 is 11.9 Å². The van der Waals surface area contributed by atoms with Crippen LogP contribution < -0.4 is 11.1 Å². The molecule has 3 rings (SSSR count). The Morgan fingerprint density at radius 2 is 1.70 bits per heavy atom. The minimum Gasteiger partial charge on any atom is -0.456 e. The Bertz CT molecular complexity index is 1410. The number of aromatic nitrogens is 1. The molecule has 10 heteroatoms. The number of nitrogens with zero attached hydrogens (tertiary/aromatic N) is 2. The third-order valence-corrected chi connectivity index (χ3v) is 6.80. The van der Waals surface area contributed by atoms with Gasteiger partial charge in [0.15, 0.2) is 5.76 Å². The van der Waals surface area contributed by atoms with Crippen LogP contribution >= 0.6 is 0 Å². The summed E-state index contributed by atoms with van der Waals surface area (Å²) in [4.78, 5) is 28.4. The van der Waals surface area contributed by atoms with E-state index in [0.717, 1.165) is 24.6 Å². The van der Waals surface area contributed by atoms with E-state index >= 15 is 0 Å². The normalized spacial score (nSPS) is 12.5. The average molecular weight is 595 g/mol. The monoisotopic (exact) mass is 594 g/mol. The van der Waals surface area contributed by atoms with Crippen molar-refractivity contribution < 1.29 is 27.6 Å². The minimum absolute atomic E-state index is 0.0330. The molecule has 3 N–H and O–H groups in total. The van der Waals surface area contributed by atoms with Crippen LogP contribution in [0.4, 0.5) is 8.78 Å². The second kappa shape index (κ2) is 16.0. The van der Waals surface area contributed by atoms with Gasteiger partial charge in [-0.1, -0.05) is 38.8 Å². The number of hydrogen-bond acceptors (Lipinski definition) is 7. The van der Waals surface area contributed by atoms with Crippen LogP contribution in [-0.4, -0.2) is 53.7 Å². The first-order valence-corrected chi connectivity index (χ1v) is 14.5. The molecule has 8 nitrogen and oxygen atoms in total. The van der Waals surface area contributed by atoms with Crippen molar-refractivity contribution in [1.82, 2.24) is 15.4 Å². The molecule has 1 amide bonds. The molecular weight excluding hydrogens is 554 g/mol. The summed E-state index contributed by atoms with van der Waals surface area (Å²) in [6, 6.07) is 8.65. The van der Waals surface area contributed by atoms with Crippen molar-refractivity contribution in [2.24, 2.45) is 5.73 Å². The van der Waals surface area contributed by atoms with Gasteiger partial charge in [-0.25, -0.2) is 13.6 Å². The summed E-state index contributed by atoms with van der Waals surface area (Å²) in [5.74, 6) is 0.844. The highest BCUT2D eigenvalue weighted by Crippen LogP contribution is 2.18. The Morgan fingerprint density at radius 1 is 1.05 bits per heavy atom. The van der Waals surface area contributed by atoms with Crippen molar-refractivity contribution in [3.05, 3.63) is 87.8 Å². The average Bonchev–Trinajstić information content (AvgIpc) is 3.44. The van der Waals surface area contributed by atoms with Gasteiger partial charge in [0.25, 0.3) is 5.91 Å². The Hall–Kier alpha value is -4.07. The van der Waals surface area contributed by atoms with E-state index in [1.54, 1.807) is 11.0 Å². The van der Waals surface area contributed by atoms with Crippen molar-refractivity contribution in [2.45, 2.75) is 71.6 Å². The Balaban J connectivity index is 1.84. The predicted octanol–water partition coefficient (Wildman–Crippen LogP) is 5.20. The number of benzene rings is 2. The van der Waals surface area contributed by atoms with Crippen molar-refractivity contribution in [3.8, 4) is 12.3 Å². The Morgan fingerprint density at radius 3 is 2.28 bits per heavy atom. The molecule has 1 heterocycles. The lowest BCUT2D eigenvalue weighted by atomic mass is 10.0. The van der Waals surface area contributed by atoms with Crippen molar-refractivity contribution in [2.75, 3.05) is 19.6 Å².